The van der Waals surface area contributed by atoms with Gasteiger partial charge < -0.3 is 18.9 Å². The zero-order valence-corrected chi connectivity index (χ0v) is 14.2. The molecule has 1 aromatic carbocycles. The molecule has 1 fully saturated rings. The lowest BCUT2D eigenvalue weighted by Gasteiger charge is -2.23. The second kappa shape index (κ2) is 8.33. The molecular weight excluding hydrogens is 312 g/mol. The molecule has 6 nitrogen and oxygen atoms in total. The smallest absolute Gasteiger partial charge is 0.191 e. The number of nitrogens with one attached hydrogen (secondary N) is 1. The molecular formula is C16H23N4O2S+. The maximum atomic E-state index is 5.70. The highest BCUT2D eigenvalue weighted by Gasteiger charge is 2.18. The molecule has 23 heavy (non-hydrogen) atoms. The number of morpholine rings is 1. The van der Waals surface area contributed by atoms with E-state index < -0.39 is 0 Å². The highest BCUT2D eigenvalue weighted by molar-refractivity contribution is 7.99. The van der Waals surface area contributed by atoms with E-state index in [9.17, 15) is 0 Å². The summed E-state index contributed by atoms with van der Waals surface area (Å²) >= 11 is 1.68. The fourth-order valence-electron chi connectivity index (χ4n) is 2.49. The van der Waals surface area contributed by atoms with Crippen LogP contribution in [0.1, 0.15) is 5.82 Å². The molecule has 1 saturated heterocycles. The van der Waals surface area contributed by atoms with E-state index in [1.165, 1.54) is 4.90 Å². The van der Waals surface area contributed by atoms with Crippen molar-refractivity contribution in [3.8, 4) is 5.75 Å². The van der Waals surface area contributed by atoms with Crippen molar-refractivity contribution in [3.63, 3.8) is 0 Å². The average molecular weight is 335 g/mol. The van der Waals surface area contributed by atoms with Crippen molar-refractivity contribution in [2.75, 3.05) is 38.7 Å². The highest BCUT2D eigenvalue weighted by Crippen LogP contribution is 2.16. The van der Waals surface area contributed by atoms with Crippen molar-refractivity contribution in [2.24, 2.45) is 7.05 Å². The molecule has 0 radical (unpaired) electrons. The maximum Gasteiger partial charge on any atom is 0.191 e. The number of hydrogen-bond donors (Lipinski definition) is 1. The molecule has 1 aliphatic rings. The topological polar surface area (TPSA) is 53.6 Å². The van der Waals surface area contributed by atoms with Gasteiger partial charge in [-0.15, -0.1) is 10.2 Å². The van der Waals surface area contributed by atoms with Crippen LogP contribution >= 0.6 is 11.8 Å². The first-order valence-electron chi connectivity index (χ1n) is 7.93. The second-order valence-corrected chi connectivity index (χ2v) is 6.57. The van der Waals surface area contributed by atoms with Gasteiger partial charge in [0.25, 0.3) is 0 Å². The second-order valence-electron chi connectivity index (χ2n) is 5.51. The van der Waals surface area contributed by atoms with Crippen LogP contribution in [0.2, 0.25) is 0 Å². The van der Waals surface area contributed by atoms with Crippen molar-refractivity contribution in [1.82, 2.24) is 14.8 Å². The van der Waals surface area contributed by atoms with E-state index in [1.54, 1.807) is 11.8 Å². The number of para-hydroxylation sites is 1. The van der Waals surface area contributed by atoms with Gasteiger partial charge in [0.2, 0.25) is 0 Å². The van der Waals surface area contributed by atoms with E-state index in [1.807, 2.05) is 37.4 Å². The Bertz CT molecular complexity index is 599. The Hall–Kier alpha value is -1.57. The largest absolute Gasteiger partial charge is 0.493 e. The molecule has 2 aromatic rings. The van der Waals surface area contributed by atoms with Crippen molar-refractivity contribution < 1.29 is 14.4 Å². The Morgan fingerprint density at radius 2 is 2.00 bits per heavy atom. The summed E-state index contributed by atoms with van der Waals surface area (Å²) in [5.41, 5.74) is 0. The van der Waals surface area contributed by atoms with Gasteiger partial charge in [0.05, 0.1) is 19.8 Å². The number of rotatable bonds is 7. The van der Waals surface area contributed by atoms with E-state index in [4.69, 9.17) is 9.47 Å². The molecule has 1 aliphatic heterocycles. The summed E-state index contributed by atoms with van der Waals surface area (Å²) in [7, 11) is 2.04. The highest BCUT2D eigenvalue weighted by atomic mass is 32.2. The first-order valence-corrected chi connectivity index (χ1v) is 8.92. The minimum Gasteiger partial charge on any atom is -0.493 e. The van der Waals surface area contributed by atoms with Gasteiger partial charge in [-0.1, -0.05) is 30.0 Å². The van der Waals surface area contributed by atoms with Crippen molar-refractivity contribution >= 4 is 11.8 Å². The third-order valence-corrected chi connectivity index (χ3v) is 4.84. The summed E-state index contributed by atoms with van der Waals surface area (Å²) < 4.78 is 13.2. The van der Waals surface area contributed by atoms with Gasteiger partial charge in [0.1, 0.15) is 25.4 Å². The average Bonchev–Trinajstić information content (AvgIpc) is 2.94. The Kier molecular flexibility index (Phi) is 5.90. The molecule has 1 N–H and O–H groups in total. The predicted octanol–water partition coefficient (Wildman–Crippen LogP) is 0.401. The zero-order chi connectivity index (χ0) is 15.9. The van der Waals surface area contributed by atoms with Gasteiger partial charge in [-0.25, -0.2) is 0 Å². The van der Waals surface area contributed by atoms with Gasteiger partial charge >= 0.3 is 0 Å². The molecule has 7 heteroatoms. The van der Waals surface area contributed by atoms with Crippen LogP contribution < -0.4 is 9.64 Å². The van der Waals surface area contributed by atoms with E-state index in [0.717, 1.165) is 55.3 Å². The molecule has 0 bridgehead atoms. The number of hydrogen-bond acceptors (Lipinski definition) is 5. The van der Waals surface area contributed by atoms with Gasteiger partial charge in [0, 0.05) is 12.8 Å². The molecule has 0 unspecified atom stereocenters. The van der Waals surface area contributed by atoms with E-state index in [2.05, 4.69) is 14.8 Å². The van der Waals surface area contributed by atoms with Gasteiger partial charge in [-0.05, 0) is 12.1 Å². The Morgan fingerprint density at radius 3 is 2.78 bits per heavy atom. The number of ether oxygens (including phenoxy) is 2. The van der Waals surface area contributed by atoms with Crippen LogP contribution in [0.25, 0.3) is 0 Å². The number of benzene rings is 1. The predicted molar refractivity (Wildman–Crippen MR) is 88.9 cm³/mol. The molecule has 0 aliphatic carbocycles. The lowest BCUT2D eigenvalue weighted by atomic mass is 10.3. The third-order valence-electron chi connectivity index (χ3n) is 3.86. The van der Waals surface area contributed by atoms with Gasteiger partial charge in [0.15, 0.2) is 11.0 Å². The number of nitrogens with zero attached hydrogens (tertiary/aromatic N) is 3. The van der Waals surface area contributed by atoms with Crippen molar-refractivity contribution in [2.45, 2.75) is 11.7 Å². The molecule has 2 heterocycles. The van der Waals surface area contributed by atoms with E-state index >= 15 is 0 Å². The zero-order valence-electron chi connectivity index (χ0n) is 13.4. The van der Waals surface area contributed by atoms with Crippen LogP contribution in [-0.4, -0.2) is 53.4 Å². The summed E-state index contributed by atoms with van der Waals surface area (Å²) in [5.74, 6) is 2.79. The fraction of sp³-hybridized carbons (Fsp3) is 0.500. The van der Waals surface area contributed by atoms with Crippen LogP contribution in [0.5, 0.6) is 5.75 Å². The van der Waals surface area contributed by atoms with Gasteiger partial charge in [-0.2, -0.15) is 0 Å². The Labute approximate surface area is 140 Å². The molecule has 124 valence electrons. The normalized spacial score (nSPS) is 15.7. The lowest BCUT2D eigenvalue weighted by Crippen LogP contribution is -3.12. The Morgan fingerprint density at radius 1 is 1.22 bits per heavy atom. The summed E-state index contributed by atoms with van der Waals surface area (Å²) in [6, 6.07) is 9.88. The van der Waals surface area contributed by atoms with Crippen LogP contribution in [0.4, 0.5) is 0 Å². The number of aromatic nitrogens is 3. The first kappa shape index (κ1) is 16.3. The first-order chi connectivity index (χ1) is 11.3. The number of thioether (sulfide) groups is 1. The van der Waals surface area contributed by atoms with Crippen molar-refractivity contribution in [1.29, 1.82) is 0 Å². The summed E-state index contributed by atoms with van der Waals surface area (Å²) in [6.07, 6.45) is 0. The minimum absolute atomic E-state index is 0.658. The van der Waals surface area contributed by atoms with Crippen LogP contribution in [0.15, 0.2) is 35.5 Å². The van der Waals surface area contributed by atoms with Gasteiger partial charge in [-0.3, -0.25) is 0 Å². The SMILES string of the molecule is Cn1c(C[NH+]2CCOCC2)nnc1SCCOc1ccccc1. The van der Waals surface area contributed by atoms with Crippen LogP contribution in [0.3, 0.4) is 0 Å². The van der Waals surface area contributed by atoms with E-state index in [0.29, 0.717) is 6.61 Å². The quantitative estimate of drug-likeness (QED) is 0.586. The lowest BCUT2D eigenvalue weighted by molar-refractivity contribution is -0.922. The van der Waals surface area contributed by atoms with Crippen molar-refractivity contribution in [3.05, 3.63) is 36.2 Å². The molecule has 0 saturated carbocycles. The summed E-state index contributed by atoms with van der Waals surface area (Å²) in [6.45, 7) is 5.33. The van der Waals surface area contributed by atoms with Crippen LogP contribution in [0, 0.1) is 0 Å². The van der Waals surface area contributed by atoms with E-state index in [-0.39, 0.29) is 0 Å². The molecule has 0 amide bonds. The standard InChI is InChI=1S/C16H22N4O2S/c1-19-15(13-20-7-9-21-10-8-20)17-18-16(19)23-12-11-22-14-5-3-2-4-6-14/h2-6H,7-13H2,1H3/p+1. The number of quaternary nitrogens is 1. The molecule has 1 aromatic heterocycles. The molecule has 3 rings (SSSR count). The third kappa shape index (κ3) is 4.70. The fourth-order valence-corrected chi connectivity index (χ4v) is 3.24. The minimum atomic E-state index is 0.658. The molecule has 0 spiro atoms. The van der Waals surface area contributed by atoms with Crippen LogP contribution in [-0.2, 0) is 18.3 Å². The summed E-state index contributed by atoms with van der Waals surface area (Å²) in [5, 5.41) is 9.59. The molecule has 0 atom stereocenters. The monoisotopic (exact) mass is 335 g/mol. The Balaban J connectivity index is 1.45. The maximum absolute atomic E-state index is 5.70. The summed E-state index contributed by atoms with van der Waals surface area (Å²) in [4.78, 5) is 1.51.